The van der Waals surface area contributed by atoms with Crippen LogP contribution in [0.25, 0.3) is 0 Å². The van der Waals surface area contributed by atoms with Gasteiger partial charge in [0.25, 0.3) is 5.91 Å². The number of methoxy groups -OCH3 is 1. The summed E-state index contributed by atoms with van der Waals surface area (Å²) in [5, 5.41) is 13.0. The summed E-state index contributed by atoms with van der Waals surface area (Å²) in [4.78, 5) is 13.4. The number of nitrogens with zero attached hydrogens (tertiary/aromatic N) is 2. The van der Waals surface area contributed by atoms with Crippen LogP contribution < -0.4 is 0 Å². The average molecular weight is 226 g/mol. The first kappa shape index (κ1) is 11.1. The second-order valence-electron chi connectivity index (χ2n) is 3.81. The molecule has 16 heavy (non-hydrogen) atoms. The first-order chi connectivity index (χ1) is 7.70. The number of likely N-dealkylation sites (tertiary alicyclic amines) is 1. The van der Waals surface area contributed by atoms with Crippen LogP contribution in [-0.2, 0) is 11.3 Å². The number of β-amino-alcohol motifs (C(OH)–C–C–N with tert-alkyl or cyclic N) is 1. The van der Waals surface area contributed by atoms with Crippen molar-refractivity contribution in [2.24, 2.45) is 0 Å². The van der Waals surface area contributed by atoms with E-state index in [9.17, 15) is 9.90 Å². The Morgan fingerprint density at radius 2 is 2.62 bits per heavy atom. The molecule has 1 atom stereocenters. The van der Waals surface area contributed by atoms with Crippen molar-refractivity contribution in [3.8, 4) is 0 Å². The summed E-state index contributed by atoms with van der Waals surface area (Å²) < 4.78 is 9.79. The Hall–Kier alpha value is -1.40. The van der Waals surface area contributed by atoms with Crippen molar-refractivity contribution < 1.29 is 19.2 Å². The van der Waals surface area contributed by atoms with E-state index in [0.29, 0.717) is 31.9 Å². The summed E-state index contributed by atoms with van der Waals surface area (Å²) in [7, 11) is 1.54. The molecule has 0 radical (unpaired) electrons. The molecule has 1 amide bonds. The fourth-order valence-electron chi connectivity index (χ4n) is 1.71. The second kappa shape index (κ2) is 4.63. The Bertz CT molecular complexity index is 377. The molecule has 2 heterocycles. The summed E-state index contributed by atoms with van der Waals surface area (Å²) in [6, 6.07) is 1.57. The normalized spacial score (nSPS) is 20.4. The van der Waals surface area contributed by atoms with E-state index in [1.54, 1.807) is 18.1 Å². The van der Waals surface area contributed by atoms with Crippen LogP contribution in [0.3, 0.4) is 0 Å². The van der Waals surface area contributed by atoms with E-state index in [4.69, 9.17) is 9.26 Å². The Balaban J connectivity index is 2.03. The molecule has 1 aromatic rings. The highest BCUT2D eigenvalue weighted by atomic mass is 16.5. The van der Waals surface area contributed by atoms with E-state index in [0.717, 1.165) is 0 Å². The molecule has 1 aromatic heterocycles. The maximum atomic E-state index is 11.9. The number of hydrogen-bond donors (Lipinski definition) is 1. The third-order valence-corrected chi connectivity index (χ3v) is 2.52. The molecular formula is C10H14N2O4. The van der Waals surface area contributed by atoms with Crippen molar-refractivity contribution >= 4 is 5.91 Å². The summed E-state index contributed by atoms with van der Waals surface area (Å²) in [6.07, 6.45) is 0.198. The smallest absolute Gasteiger partial charge is 0.276 e. The molecule has 0 aromatic carbocycles. The maximum absolute atomic E-state index is 11.9. The topological polar surface area (TPSA) is 75.8 Å². The SMILES string of the molecule is COCc1cc(C(=O)N2CCC(O)C2)no1. The number of aliphatic hydroxyl groups excluding tert-OH is 1. The fourth-order valence-corrected chi connectivity index (χ4v) is 1.71. The molecule has 88 valence electrons. The second-order valence-corrected chi connectivity index (χ2v) is 3.81. The number of aromatic nitrogens is 1. The predicted octanol–water partition coefficient (Wildman–Crippen LogP) is 0.0278. The number of carbonyl (C=O) groups is 1. The number of hydrogen-bond acceptors (Lipinski definition) is 5. The largest absolute Gasteiger partial charge is 0.391 e. The quantitative estimate of drug-likeness (QED) is 0.786. The summed E-state index contributed by atoms with van der Waals surface area (Å²) >= 11 is 0. The zero-order valence-corrected chi connectivity index (χ0v) is 9.05. The van der Waals surface area contributed by atoms with E-state index in [1.807, 2.05) is 0 Å². The highest BCUT2D eigenvalue weighted by Crippen LogP contribution is 2.14. The van der Waals surface area contributed by atoms with Crippen LogP contribution in [-0.4, -0.2) is 47.4 Å². The van der Waals surface area contributed by atoms with Gasteiger partial charge < -0.3 is 19.3 Å². The van der Waals surface area contributed by atoms with Crippen molar-refractivity contribution in [1.82, 2.24) is 10.1 Å². The van der Waals surface area contributed by atoms with Crippen molar-refractivity contribution in [3.63, 3.8) is 0 Å². The molecule has 2 rings (SSSR count). The zero-order valence-electron chi connectivity index (χ0n) is 9.05. The first-order valence-corrected chi connectivity index (χ1v) is 5.12. The van der Waals surface area contributed by atoms with Crippen molar-refractivity contribution in [2.45, 2.75) is 19.1 Å². The lowest BCUT2D eigenvalue weighted by Gasteiger charge is -2.12. The van der Waals surface area contributed by atoms with Crippen LogP contribution in [0, 0.1) is 0 Å². The minimum Gasteiger partial charge on any atom is -0.391 e. The zero-order chi connectivity index (χ0) is 11.5. The average Bonchev–Trinajstić information content (AvgIpc) is 2.87. The molecule has 0 saturated carbocycles. The maximum Gasteiger partial charge on any atom is 0.276 e. The lowest BCUT2D eigenvalue weighted by Crippen LogP contribution is -2.29. The fraction of sp³-hybridized carbons (Fsp3) is 0.600. The Morgan fingerprint density at radius 1 is 1.81 bits per heavy atom. The number of carbonyl (C=O) groups excluding carboxylic acids is 1. The minimum absolute atomic E-state index is 0.206. The highest BCUT2D eigenvalue weighted by Gasteiger charge is 2.27. The van der Waals surface area contributed by atoms with Gasteiger partial charge in [-0.2, -0.15) is 0 Å². The summed E-state index contributed by atoms with van der Waals surface area (Å²) in [5.74, 6) is 0.313. The van der Waals surface area contributed by atoms with Crippen LogP contribution >= 0.6 is 0 Å². The van der Waals surface area contributed by atoms with E-state index >= 15 is 0 Å². The van der Waals surface area contributed by atoms with Crippen LogP contribution in [0.2, 0.25) is 0 Å². The van der Waals surface area contributed by atoms with Gasteiger partial charge >= 0.3 is 0 Å². The number of ether oxygens (including phenoxy) is 1. The Labute approximate surface area is 92.8 Å². The van der Waals surface area contributed by atoms with Crippen LogP contribution in [0.5, 0.6) is 0 Å². The molecule has 6 nitrogen and oxygen atoms in total. The van der Waals surface area contributed by atoms with Gasteiger partial charge in [-0.25, -0.2) is 0 Å². The number of amides is 1. The van der Waals surface area contributed by atoms with E-state index in [2.05, 4.69) is 5.16 Å². The van der Waals surface area contributed by atoms with Crippen LogP contribution in [0.15, 0.2) is 10.6 Å². The third kappa shape index (κ3) is 2.23. The molecule has 1 unspecified atom stereocenters. The van der Waals surface area contributed by atoms with Crippen LogP contribution in [0.4, 0.5) is 0 Å². The van der Waals surface area contributed by atoms with Gasteiger partial charge in [0.15, 0.2) is 11.5 Å². The van der Waals surface area contributed by atoms with Gasteiger partial charge in [-0.3, -0.25) is 4.79 Å². The van der Waals surface area contributed by atoms with Gasteiger partial charge in [0.05, 0.1) is 6.10 Å². The third-order valence-electron chi connectivity index (χ3n) is 2.52. The summed E-state index contributed by atoms with van der Waals surface area (Å²) in [6.45, 7) is 1.22. The molecule has 1 aliphatic heterocycles. The molecule has 0 aliphatic carbocycles. The number of rotatable bonds is 3. The molecule has 1 N–H and O–H groups in total. The lowest BCUT2D eigenvalue weighted by molar-refractivity contribution is 0.0754. The minimum atomic E-state index is -0.422. The van der Waals surface area contributed by atoms with E-state index < -0.39 is 6.10 Å². The van der Waals surface area contributed by atoms with Gasteiger partial charge in [0, 0.05) is 26.3 Å². The van der Waals surface area contributed by atoms with Gasteiger partial charge in [0.2, 0.25) is 0 Å². The van der Waals surface area contributed by atoms with Gasteiger partial charge in [-0.1, -0.05) is 5.16 Å². The standard InChI is InChI=1S/C10H14N2O4/c1-15-6-8-4-9(11-16-8)10(14)12-3-2-7(13)5-12/h4,7,13H,2-3,5-6H2,1H3. The molecule has 0 spiro atoms. The predicted molar refractivity (Wildman–Crippen MR) is 53.7 cm³/mol. The molecule has 1 fully saturated rings. The van der Waals surface area contributed by atoms with E-state index in [-0.39, 0.29) is 11.6 Å². The lowest BCUT2D eigenvalue weighted by atomic mass is 10.3. The van der Waals surface area contributed by atoms with E-state index in [1.165, 1.54) is 0 Å². The molecule has 1 aliphatic rings. The first-order valence-electron chi connectivity index (χ1n) is 5.12. The monoisotopic (exact) mass is 226 g/mol. The van der Waals surface area contributed by atoms with Crippen LogP contribution in [0.1, 0.15) is 22.7 Å². The van der Waals surface area contributed by atoms with Gasteiger partial charge in [0.1, 0.15) is 6.61 Å². The van der Waals surface area contributed by atoms with Crippen molar-refractivity contribution in [3.05, 3.63) is 17.5 Å². The Kier molecular flexibility index (Phi) is 3.21. The molecule has 0 bridgehead atoms. The van der Waals surface area contributed by atoms with Crippen molar-refractivity contribution in [2.75, 3.05) is 20.2 Å². The number of aliphatic hydroxyl groups is 1. The van der Waals surface area contributed by atoms with Gasteiger partial charge in [-0.15, -0.1) is 0 Å². The highest BCUT2D eigenvalue weighted by molar-refractivity contribution is 5.92. The van der Waals surface area contributed by atoms with Gasteiger partial charge in [-0.05, 0) is 6.42 Å². The molecule has 6 heteroatoms. The summed E-state index contributed by atoms with van der Waals surface area (Å²) in [5.41, 5.74) is 0.265. The van der Waals surface area contributed by atoms with Crippen molar-refractivity contribution in [1.29, 1.82) is 0 Å². The molecule has 1 saturated heterocycles. The molecular weight excluding hydrogens is 212 g/mol. The Morgan fingerprint density at radius 3 is 3.25 bits per heavy atom.